The van der Waals surface area contributed by atoms with E-state index < -0.39 is 24.1 Å². The molecule has 0 spiro atoms. The molecule has 0 radical (unpaired) electrons. The van der Waals surface area contributed by atoms with Crippen LogP contribution in [0.25, 0.3) is 39.2 Å². The third-order valence-electron chi connectivity index (χ3n) is 8.92. The van der Waals surface area contributed by atoms with Crippen molar-refractivity contribution in [3.05, 3.63) is 104 Å². The molecular formula is C37H38Cl2FN7O5. The lowest BCUT2D eigenvalue weighted by Gasteiger charge is -2.16. The van der Waals surface area contributed by atoms with Crippen LogP contribution < -0.4 is 32.0 Å². The highest BCUT2D eigenvalue weighted by Gasteiger charge is 2.23. The molecule has 0 bridgehead atoms. The lowest BCUT2D eigenvalue weighted by molar-refractivity contribution is -0.119. The summed E-state index contributed by atoms with van der Waals surface area (Å²) in [6, 6.07) is 15.8. The van der Waals surface area contributed by atoms with Crippen molar-refractivity contribution in [1.82, 2.24) is 30.3 Å². The molecule has 0 saturated carbocycles. The Kier molecular flexibility index (Phi) is 11.8. The normalized spacial score (nSPS) is 16.3. The molecule has 3 aromatic heterocycles. The van der Waals surface area contributed by atoms with Crippen LogP contribution in [0.4, 0.5) is 4.39 Å². The number of amides is 1. The third-order valence-corrected chi connectivity index (χ3v) is 9.74. The number of benzene rings is 2. The van der Waals surface area contributed by atoms with E-state index in [9.17, 15) is 19.8 Å². The number of carbonyl (C=O) groups excluding carboxylic acids is 1. The zero-order valence-corrected chi connectivity index (χ0v) is 29.7. The first-order chi connectivity index (χ1) is 25.0. The first-order valence-electron chi connectivity index (χ1n) is 16.7. The van der Waals surface area contributed by atoms with E-state index in [1.165, 1.54) is 23.8 Å². The fourth-order valence-electron chi connectivity index (χ4n) is 6.30. The monoisotopic (exact) mass is 749 g/mol. The van der Waals surface area contributed by atoms with Gasteiger partial charge in [-0.2, -0.15) is 0 Å². The molecule has 272 valence electrons. The lowest BCUT2D eigenvalue weighted by atomic mass is 9.97. The zero-order chi connectivity index (χ0) is 36.9. The molecule has 15 heteroatoms. The number of aromatic nitrogens is 3. The van der Waals surface area contributed by atoms with Crippen LogP contribution in [0.2, 0.25) is 10.0 Å². The molecule has 1 fully saturated rings. The first kappa shape index (κ1) is 37.3. The van der Waals surface area contributed by atoms with E-state index in [4.69, 9.17) is 33.7 Å². The highest BCUT2D eigenvalue weighted by Crippen LogP contribution is 2.42. The summed E-state index contributed by atoms with van der Waals surface area (Å²) in [7, 11) is 1.44. The third kappa shape index (κ3) is 8.26. The standard InChI is InChI=1S/C37H38Cl2FN7O5/c1-52-36-28(19-43-17-22-8-9-33(50)45-22)29(40)14-30(46-36)27-7-3-6-26(35(27)39)25-5-2-4-24(34(25)38)20-10-11-47-32(12-20)44-16-21(37(47)51)15-42-18-23(48)13-31(41)49/h2-7,10-12,14,16,22-23,33,42-43,45,48,50H,8-9,13,15,17-19H2,1H3,(H2,41,49)/t22-,23-,33?/m0/s1. The summed E-state index contributed by atoms with van der Waals surface area (Å²) in [5, 5.41) is 29.5. The predicted octanol–water partition coefficient (Wildman–Crippen LogP) is 4.03. The minimum Gasteiger partial charge on any atom is -0.481 e. The molecule has 1 unspecified atom stereocenters. The molecule has 4 heterocycles. The smallest absolute Gasteiger partial charge is 0.262 e. The van der Waals surface area contributed by atoms with Crippen LogP contribution in [0.3, 0.4) is 0 Å². The van der Waals surface area contributed by atoms with Crippen LogP contribution in [0.1, 0.15) is 30.4 Å². The summed E-state index contributed by atoms with van der Waals surface area (Å²) >= 11 is 14.0. The lowest BCUT2D eigenvalue weighted by Crippen LogP contribution is -2.37. The number of halogens is 3. The average Bonchev–Trinajstić information content (AvgIpc) is 3.54. The van der Waals surface area contributed by atoms with Crippen molar-refractivity contribution in [3.8, 4) is 39.4 Å². The molecule has 1 aliphatic rings. The van der Waals surface area contributed by atoms with Gasteiger partial charge in [-0.3, -0.25) is 19.3 Å². The van der Waals surface area contributed by atoms with E-state index in [-0.39, 0.29) is 49.1 Å². The second-order valence-electron chi connectivity index (χ2n) is 12.6. The van der Waals surface area contributed by atoms with Crippen LogP contribution in [0.15, 0.2) is 71.8 Å². The van der Waals surface area contributed by atoms with Crippen molar-refractivity contribution in [2.45, 2.75) is 50.7 Å². The number of hydrogen-bond acceptors (Lipinski definition) is 10. The highest BCUT2D eigenvalue weighted by atomic mass is 35.5. The number of ether oxygens (including phenoxy) is 1. The Labute approximate surface area is 308 Å². The molecule has 2 aromatic carbocycles. The SMILES string of the molecule is COc1nc(-c2cccc(-c3cccc(-c4ccn5c(=O)c(CNC[C@@H](O)CC(N)=O)cnc5c4)c3Cl)c2Cl)cc(F)c1CNC[C@@H]1CCC(O)N1. The van der Waals surface area contributed by atoms with Gasteiger partial charge in [0.15, 0.2) is 0 Å². The molecule has 1 saturated heterocycles. The summed E-state index contributed by atoms with van der Waals surface area (Å²) < 4.78 is 22.5. The Morgan fingerprint density at radius 2 is 1.79 bits per heavy atom. The van der Waals surface area contributed by atoms with Crippen molar-refractivity contribution in [1.29, 1.82) is 0 Å². The van der Waals surface area contributed by atoms with Crippen molar-refractivity contribution < 1.29 is 24.1 Å². The molecule has 6 rings (SSSR count). The molecule has 5 aromatic rings. The van der Waals surface area contributed by atoms with Gasteiger partial charge in [0.05, 0.1) is 40.9 Å². The minimum absolute atomic E-state index is 0.0868. The van der Waals surface area contributed by atoms with Crippen molar-refractivity contribution in [2.24, 2.45) is 5.73 Å². The van der Waals surface area contributed by atoms with Crippen LogP contribution in [0.5, 0.6) is 5.88 Å². The number of nitrogens with two attached hydrogens (primary N) is 1. The molecule has 12 nitrogen and oxygen atoms in total. The van der Waals surface area contributed by atoms with E-state index in [0.29, 0.717) is 67.7 Å². The van der Waals surface area contributed by atoms with Crippen molar-refractivity contribution in [3.63, 3.8) is 0 Å². The fourth-order valence-corrected chi connectivity index (χ4v) is 6.96. The van der Waals surface area contributed by atoms with Gasteiger partial charge in [-0.25, -0.2) is 14.4 Å². The molecular weight excluding hydrogens is 712 g/mol. The summed E-state index contributed by atoms with van der Waals surface area (Å²) in [5.41, 5.74) is 9.30. The van der Waals surface area contributed by atoms with E-state index in [1.807, 2.05) is 24.3 Å². The maximum Gasteiger partial charge on any atom is 0.262 e. The van der Waals surface area contributed by atoms with E-state index in [2.05, 4.69) is 25.9 Å². The molecule has 7 N–H and O–H groups in total. The molecule has 0 aliphatic carbocycles. The van der Waals surface area contributed by atoms with Gasteiger partial charge in [0.1, 0.15) is 17.7 Å². The van der Waals surface area contributed by atoms with E-state index in [0.717, 1.165) is 6.42 Å². The highest BCUT2D eigenvalue weighted by molar-refractivity contribution is 6.39. The molecule has 1 amide bonds. The van der Waals surface area contributed by atoms with Gasteiger partial charge in [-0.15, -0.1) is 0 Å². The number of aliphatic hydroxyl groups is 2. The second kappa shape index (κ2) is 16.5. The maximum atomic E-state index is 15.6. The number of hydrogen-bond donors (Lipinski definition) is 6. The predicted molar refractivity (Wildman–Crippen MR) is 197 cm³/mol. The number of carbonyl (C=O) groups is 1. The quantitative estimate of drug-likeness (QED) is 0.0973. The number of fused-ring (bicyclic) bond motifs is 1. The van der Waals surface area contributed by atoms with Crippen LogP contribution in [-0.4, -0.2) is 69.1 Å². The summed E-state index contributed by atoms with van der Waals surface area (Å²) in [5.74, 6) is -0.979. The number of nitrogens with zero attached hydrogens (tertiary/aromatic N) is 3. The van der Waals surface area contributed by atoms with Gasteiger partial charge >= 0.3 is 0 Å². The topological polar surface area (TPSA) is 176 Å². The Balaban J connectivity index is 1.24. The number of aliphatic hydroxyl groups excluding tert-OH is 2. The van der Waals surface area contributed by atoms with E-state index >= 15 is 4.39 Å². The average molecular weight is 751 g/mol. The minimum atomic E-state index is -0.960. The van der Waals surface area contributed by atoms with Gasteiger partial charge in [-0.05, 0) is 30.5 Å². The maximum absolute atomic E-state index is 15.6. The number of primary amides is 1. The fraction of sp³-hybridized carbons (Fsp3) is 0.297. The molecule has 3 atom stereocenters. The Morgan fingerprint density at radius 3 is 2.48 bits per heavy atom. The first-order valence-corrected chi connectivity index (χ1v) is 17.4. The van der Waals surface area contributed by atoms with Gasteiger partial charge in [-0.1, -0.05) is 59.6 Å². The van der Waals surface area contributed by atoms with Crippen LogP contribution in [0, 0.1) is 5.82 Å². The van der Waals surface area contributed by atoms with Gasteiger partial charge in [0, 0.05) is 78.5 Å². The number of pyridine rings is 2. The van der Waals surface area contributed by atoms with Gasteiger partial charge in [0.25, 0.3) is 5.56 Å². The second-order valence-corrected chi connectivity index (χ2v) is 13.3. The van der Waals surface area contributed by atoms with Crippen LogP contribution in [-0.2, 0) is 17.9 Å². The Hall–Kier alpha value is -4.47. The summed E-state index contributed by atoms with van der Waals surface area (Å²) in [6.07, 6.45) is 2.92. The Morgan fingerprint density at radius 1 is 1.08 bits per heavy atom. The van der Waals surface area contributed by atoms with Crippen molar-refractivity contribution in [2.75, 3.05) is 20.2 Å². The number of methoxy groups -OCH3 is 1. The molecule has 1 aliphatic heterocycles. The zero-order valence-electron chi connectivity index (χ0n) is 28.2. The van der Waals surface area contributed by atoms with E-state index in [1.54, 1.807) is 30.5 Å². The van der Waals surface area contributed by atoms with Gasteiger partial charge < -0.3 is 31.3 Å². The van der Waals surface area contributed by atoms with Crippen LogP contribution >= 0.6 is 23.2 Å². The molecule has 52 heavy (non-hydrogen) atoms. The number of rotatable bonds is 14. The largest absolute Gasteiger partial charge is 0.481 e. The van der Waals surface area contributed by atoms with Gasteiger partial charge in [0.2, 0.25) is 11.8 Å². The number of nitrogens with one attached hydrogen (secondary N) is 3. The van der Waals surface area contributed by atoms with Crippen molar-refractivity contribution >= 4 is 34.8 Å². The Bertz CT molecular complexity index is 2170. The summed E-state index contributed by atoms with van der Waals surface area (Å²) in [4.78, 5) is 33.2. The summed E-state index contributed by atoms with van der Waals surface area (Å²) in [6.45, 7) is 0.968.